The summed E-state index contributed by atoms with van der Waals surface area (Å²) in [7, 11) is 0. The lowest BCUT2D eigenvalue weighted by Gasteiger charge is -1.95. The van der Waals surface area contributed by atoms with Gasteiger partial charge in [0.2, 0.25) is 0 Å². The van der Waals surface area contributed by atoms with Crippen LogP contribution in [0.4, 0.5) is 0 Å². The molecule has 0 aliphatic carbocycles. The second-order valence-electron chi connectivity index (χ2n) is 2.96. The Morgan fingerprint density at radius 1 is 1.71 bits per heavy atom. The fourth-order valence-electron chi connectivity index (χ4n) is 1.05. The highest BCUT2D eigenvalue weighted by atomic mass is 79.9. The molecule has 1 rings (SSSR count). The first-order valence-corrected chi connectivity index (χ1v) is 5.90. The Morgan fingerprint density at radius 3 is 2.93 bits per heavy atom. The predicted octanol–water partition coefficient (Wildman–Crippen LogP) is 3.78. The van der Waals surface area contributed by atoms with Gasteiger partial charge in [0.15, 0.2) is 0 Å². The van der Waals surface area contributed by atoms with Crippen LogP contribution in [-0.2, 0) is 4.79 Å². The third kappa shape index (κ3) is 3.64. The zero-order valence-corrected chi connectivity index (χ0v) is 10.2. The minimum absolute atomic E-state index is 0.197. The Hall–Kier alpha value is -0.610. The molecule has 0 saturated carbocycles. The second-order valence-corrected chi connectivity index (χ2v) is 5.25. The van der Waals surface area contributed by atoms with Crippen LogP contribution >= 0.6 is 27.3 Å². The number of aliphatic carboxylic acids is 1. The molecule has 0 saturated heterocycles. The van der Waals surface area contributed by atoms with E-state index in [4.69, 9.17) is 5.11 Å². The highest BCUT2D eigenvalue weighted by Crippen LogP contribution is 2.25. The molecular weight excluding hydrogens is 264 g/mol. The summed E-state index contributed by atoms with van der Waals surface area (Å²) in [5.74, 6) is -0.749. The quantitative estimate of drug-likeness (QED) is 0.908. The number of hydrogen-bond acceptors (Lipinski definition) is 2. The van der Waals surface area contributed by atoms with Crippen molar-refractivity contribution in [1.29, 1.82) is 0 Å². The van der Waals surface area contributed by atoms with Crippen molar-refractivity contribution in [3.8, 4) is 0 Å². The Bertz CT molecular complexity index is 355. The molecule has 1 N–H and O–H groups in total. The molecule has 0 amide bonds. The Labute approximate surface area is 95.4 Å². The van der Waals surface area contributed by atoms with Gasteiger partial charge in [-0.2, -0.15) is 0 Å². The lowest BCUT2D eigenvalue weighted by Crippen LogP contribution is -1.92. The summed E-state index contributed by atoms with van der Waals surface area (Å²) in [5, 5.41) is 10.5. The molecule has 76 valence electrons. The van der Waals surface area contributed by atoms with Crippen LogP contribution in [0, 0.1) is 0 Å². The smallest absolute Gasteiger partial charge is 0.303 e. The van der Waals surface area contributed by atoms with Gasteiger partial charge in [0.1, 0.15) is 0 Å². The molecule has 1 aromatic rings. The van der Waals surface area contributed by atoms with E-state index in [1.54, 1.807) is 11.3 Å². The lowest BCUT2D eigenvalue weighted by atomic mass is 10.1. The molecule has 1 aromatic heterocycles. The summed E-state index contributed by atoms with van der Waals surface area (Å²) in [6, 6.07) is 2.04. The number of allylic oxidation sites excluding steroid dienone is 2. The van der Waals surface area contributed by atoms with Crippen LogP contribution in [0.3, 0.4) is 0 Å². The summed E-state index contributed by atoms with van der Waals surface area (Å²) in [5.41, 5.74) is 2.29. The largest absolute Gasteiger partial charge is 0.481 e. The van der Waals surface area contributed by atoms with Crippen LogP contribution in [0.25, 0.3) is 5.57 Å². The predicted molar refractivity (Wildman–Crippen MR) is 62.5 cm³/mol. The van der Waals surface area contributed by atoms with Crippen molar-refractivity contribution in [3.63, 3.8) is 0 Å². The zero-order chi connectivity index (χ0) is 10.6. The molecule has 0 bridgehead atoms. The van der Waals surface area contributed by atoms with Gasteiger partial charge >= 0.3 is 5.97 Å². The average molecular weight is 275 g/mol. The molecule has 1 heterocycles. The Balaban J connectivity index is 2.56. The Kier molecular flexibility index (Phi) is 4.35. The SMILES string of the molecule is C/C(=C/CCC(=O)O)c1csc(Br)c1. The highest BCUT2D eigenvalue weighted by molar-refractivity contribution is 9.11. The summed E-state index contributed by atoms with van der Waals surface area (Å²) >= 11 is 5.02. The molecular formula is C10H11BrO2S. The molecule has 0 aliphatic rings. The monoisotopic (exact) mass is 274 g/mol. The normalized spacial score (nSPS) is 11.7. The fourth-order valence-corrected chi connectivity index (χ4v) is 2.26. The van der Waals surface area contributed by atoms with E-state index in [1.807, 2.05) is 19.1 Å². The molecule has 0 spiro atoms. The number of rotatable bonds is 4. The van der Waals surface area contributed by atoms with Gasteiger partial charge in [-0.05, 0) is 51.9 Å². The molecule has 0 unspecified atom stereocenters. The van der Waals surface area contributed by atoms with Crippen molar-refractivity contribution in [2.45, 2.75) is 19.8 Å². The van der Waals surface area contributed by atoms with Gasteiger partial charge in [-0.3, -0.25) is 4.79 Å². The second kappa shape index (κ2) is 5.32. The number of carboxylic acid groups (broad SMARTS) is 1. The van der Waals surface area contributed by atoms with Crippen molar-refractivity contribution >= 4 is 38.8 Å². The number of carbonyl (C=O) groups is 1. The molecule has 0 aromatic carbocycles. The van der Waals surface area contributed by atoms with E-state index in [2.05, 4.69) is 21.3 Å². The first kappa shape index (κ1) is 11.5. The third-order valence-electron chi connectivity index (χ3n) is 1.83. The molecule has 4 heteroatoms. The van der Waals surface area contributed by atoms with Gasteiger partial charge in [-0.1, -0.05) is 6.08 Å². The van der Waals surface area contributed by atoms with Crippen molar-refractivity contribution < 1.29 is 9.90 Å². The number of carboxylic acids is 1. The maximum absolute atomic E-state index is 10.3. The van der Waals surface area contributed by atoms with Gasteiger partial charge in [0.25, 0.3) is 0 Å². The molecule has 0 radical (unpaired) electrons. The standard InChI is InChI=1S/C10H11BrO2S/c1-7(3-2-4-10(12)13)8-5-9(11)14-6-8/h3,5-6H,2,4H2,1H3,(H,12,13)/b7-3-. The number of thiophene rings is 1. The van der Waals surface area contributed by atoms with Gasteiger partial charge in [0, 0.05) is 6.42 Å². The minimum atomic E-state index is -0.749. The summed E-state index contributed by atoms with van der Waals surface area (Å²) in [6.07, 6.45) is 2.75. The van der Waals surface area contributed by atoms with E-state index in [9.17, 15) is 4.79 Å². The van der Waals surface area contributed by atoms with E-state index in [1.165, 1.54) is 0 Å². The summed E-state index contributed by atoms with van der Waals surface area (Å²) in [6.45, 7) is 2.00. The van der Waals surface area contributed by atoms with E-state index in [0.717, 1.165) is 14.9 Å². The summed E-state index contributed by atoms with van der Waals surface area (Å²) < 4.78 is 1.10. The van der Waals surface area contributed by atoms with Gasteiger partial charge in [0.05, 0.1) is 3.79 Å². The van der Waals surface area contributed by atoms with Crippen molar-refractivity contribution in [2.75, 3.05) is 0 Å². The van der Waals surface area contributed by atoms with E-state index < -0.39 is 5.97 Å². The third-order valence-corrected chi connectivity index (χ3v) is 3.34. The molecule has 2 nitrogen and oxygen atoms in total. The number of halogens is 1. The highest BCUT2D eigenvalue weighted by Gasteiger charge is 1.99. The maximum Gasteiger partial charge on any atom is 0.303 e. The van der Waals surface area contributed by atoms with Gasteiger partial charge in [-0.15, -0.1) is 11.3 Å². The maximum atomic E-state index is 10.3. The van der Waals surface area contributed by atoms with Crippen LogP contribution in [0.15, 0.2) is 21.3 Å². The van der Waals surface area contributed by atoms with Crippen molar-refractivity contribution in [1.82, 2.24) is 0 Å². The number of hydrogen-bond donors (Lipinski definition) is 1. The average Bonchev–Trinajstić information content (AvgIpc) is 2.51. The minimum Gasteiger partial charge on any atom is -0.481 e. The molecule has 14 heavy (non-hydrogen) atoms. The van der Waals surface area contributed by atoms with Crippen molar-refractivity contribution in [2.24, 2.45) is 0 Å². The van der Waals surface area contributed by atoms with Crippen LogP contribution in [0.1, 0.15) is 25.3 Å². The van der Waals surface area contributed by atoms with Gasteiger partial charge < -0.3 is 5.11 Å². The molecule has 0 atom stereocenters. The molecule has 0 aliphatic heterocycles. The van der Waals surface area contributed by atoms with Crippen LogP contribution in [0.5, 0.6) is 0 Å². The van der Waals surface area contributed by atoms with Crippen LogP contribution in [-0.4, -0.2) is 11.1 Å². The lowest BCUT2D eigenvalue weighted by molar-refractivity contribution is -0.136. The van der Waals surface area contributed by atoms with E-state index in [-0.39, 0.29) is 6.42 Å². The van der Waals surface area contributed by atoms with Crippen molar-refractivity contribution in [3.05, 3.63) is 26.9 Å². The fraction of sp³-hybridized carbons (Fsp3) is 0.300. The van der Waals surface area contributed by atoms with Crippen LogP contribution in [0.2, 0.25) is 0 Å². The topological polar surface area (TPSA) is 37.3 Å². The van der Waals surface area contributed by atoms with Gasteiger partial charge in [-0.25, -0.2) is 0 Å². The zero-order valence-electron chi connectivity index (χ0n) is 7.79. The first-order valence-electron chi connectivity index (χ1n) is 4.22. The van der Waals surface area contributed by atoms with E-state index in [0.29, 0.717) is 6.42 Å². The van der Waals surface area contributed by atoms with Crippen LogP contribution < -0.4 is 0 Å². The summed E-state index contributed by atoms with van der Waals surface area (Å²) in [4.78, 5) is 10.3. The first-order chi connectivity index (χ1) is 6.59. The van der Waals surface area contributed by atoms with E-state index >= 15 is 0 Å². The Morgan fingerprint density at radius 2 is 2.43 bits per heavy atom. The molecule has 0 fully saturated rings.